The van der Waals surface area contributed by atoms with Gasteiger partial charge in [-0.1, -0.05) is 0 Å². The molecule has 0 saturated carbocycles. The maximum absolute atomic E-state index is 13.9. The Morgan fingerprint density at radius 3 is 2.43 bits per heavy atom. The van der Waals surface area contributed by atoms with Gasteiger partial charge in [0.15, 0.2) is 11.4 Å². The predicted octanol–water partition coefficient (Wildman–Crippen LogP) is 2.07. The normalized spacial score (nSPS) is 23.1. The highest BCUT2D eigenvalue weighted by Crippen LogP contribution is 2.52. The number of phenols is 1. The Bertz CT molecular complexity index is 1610. The fourth-order valence-corrected chi connectivity index (χ4v) is 6.07. The Balaban J connectivity index is 1.52. The second-order valence-electron chi connectivity index (χ2n) is 10.8. The molecule has 220 valence electrons. The van der Waals surface area contributed by atoms with Crippen molar-refractivity contribution in [2.24, 2.45) is 17.6 Å². The number of hydrogen-bond donors (Lipinski definition) is 6. The van der Waals surface area contributed by atoms with Crippen molar-refractivity contribution < 1.29 is 48.7 Å². The second kappa shape index (κ2) is 10.2. The molecule has 2 aromatic rings. The molecule has 0 spiro atoms. The highest BCUT2D eigenvalue weighted by Gasteiger charge is 2.59. The van der Waals surface area contributed by atoms with Crippen LogP contribution in [0.5, 0.6) is 11.5 Å². The number of allylic oxidation sites excluding steroid dienone is 2. The van der Waals surface area contributed by atoms with Crippen LogP contribution in [0.15, 0.2) is 53.0 Å². The van der Waals surface area contributed by atoms with Crippen LogP contribution in [0.25, 0.3) is 0 Å². The van der Waals surface area contributed by atoms with Gasteiger partial charge in [0.25, 0.3) is 5.91 Å². The van der Waals surface area contributed by atoms with Gasteiger partial charge >= 0.3 is 6.09 Å². The van der Waals surface area contributed by atoms with Crippen molar-refractivity contribution in [2.75, 3.05) is 19.0 Å². The van der Waals surface area contributed by atoms with E-state index >= 15 is 0 Å². The third-order valence-corrected chi connectivity index (χ3v) is 8.05. The van der Waals surface area contributed by atoms with Gasteiger partial charge in [-0.05, 0) is 54.7 Å². The Labute approximate surface area is 238 Å². The second-order valence-corrected chi connectivity index (χ2v) is 10.8. The lowest BCUT2D eigenvalue weighted by atomic mass is 9.60. The van der Waals surface area contributed by atoms with E-state index in [1.165, 1.54) is 12.1 Å². The van der Waals surface area contributed by atoms with Crippen molar-refractivity contribution in [2.45, 2.75) is 31.4 Å². The number of aliphatic hydroxyl groups excluding tert-OH is 2. The maximum Gasteiger partial charge on any atom is 0.412 e. The summed E-state index contributed by atoms with van der Waals surface area (Å²) in [6.07, 6.45) is -1.08. The zero-order valence-corrected chi connectivity index (χ0v) is 22.6. The number of Topliss-reactive ketones (excluding diaryl/α,β-unsaturated/α-hetero) is 2. The number of phenolic OH excluding ortho intramolecular Hbond substituents is 1. The molecule has 12 nitrogen and oxygen atoms in total. The molecule has 0 bridgehead atoms. The molecular weight excluding hydrogens is 553 g/mol. The zero-order chi connectivity index (χ0) is 30.7. The largest absolute Gasteiger partial charge is 0.511 e. The smallest absolute Gasteiger partial charge is 0.412 e. The first-order valence-corrected chi connectivity index (χ1v) is 13.0. The van der Waals surface area contributed by atoms with Crippen LogP contribution < -0.4 is 20.7 Å². The number of anilines is 1. The molecule has 2 amide bonds. The summed E-state index contributed by atoms with van der Waals surface area (Å²) < 4.78 is 18.2. The number of benzene rings is 2. The van der Waals surface area contributed by atoms with E-state index in [1.807, 2.05) is 0 Å². The molecule has 3 aliphatic carbocycles. The van der Waals surface area contributed by atoms with Gasteiger partial charge in [0.2, 0.25) is 5.78 Å². The Hall–Kier alpha value is -4.91. The van der Waals surface area contributed by atoms with Crippen LogP contribution in [0.3, 0.4) is 0 Å². The van der Waals surface area contributed by atoms with E-state index in [0.717, 1.165) is 12.1 Å². The van der Waals surface area contributed by atoms with Gasteiger partial charge in [-0.3, -0.25) is 14.4 Å². The molecule has 0 aliphatic heterocycles. The number of nitrogens with two attached hydrogens (primary N) is 1. The van der Waals surface area contributed by atoms with Crippen molar-refractivity contribution in [1.29, 1.82) is 0 Å². The number of fused-ring (bicyclic) bond motifs is 3. The molecule has 0 unspecified atom stereocenters. The quantitative estimate of drug-likeness (QED) is 0.284. The summed E-state index contributed by atoms with van der Waals surface area (Å²) >= 11 is 0. The fraction of sp³-hybridized carbons (Fsp3) is 0.310. The molecule has 42 heavy (non-hydrogen) atoms. The van der Waals surface area contributed by atoms with Crippen molar-refractivity contribution in [1.82, 2.24) is 5.32 Å². The number of ether oxygens (including phenoxy) is 1. The van der Waals surface area contributed by atoms with Crippen molar-refractivity contribution >= 4 is 29.3 Å². The maximum atomic E-state index is 13.9. The van der Waals surface area contributed by atoms with Crippen LogP contribution in [0.4, 0.5) is 14.9 Å². The van der Waals surface area contributed by atoms with Crippen molar-refractivity contribution in [3.63, 3.8) is 0 Å². The van der Waals surface area contributed by atoms with Gasteiger partial charge in [0, 0.05) is 49.8 Å². The van der Waals surface area contributed by atoms with Gasteiger partial charge in [0.1, 0.15) is 34.4 Å². The number of nitrogens with one attached hydrogen (secondary N) is 1. The summed E-state index contributed by atoms with van der Waals surface area (Å²) in [4.78, 5) is 52.9. The van der Waals surface area contributed by atoms with Gasteiger partial charge in [0.05, 0.1) is 5.56 Å². The van der Waals surface area contributed by atoms with Gasteiger partial charge in [-0.15, -0.1) is 0 Å². The van der Waals surface area contributed by atoms with E-state index in [2.05, 4.69) is 5.32 Å². The molecule has 5 rings (SSSR count). The fourth-order valence-electron chi connectivity index (χ4n) is 6.07. The van der Waals surface area contributed by atoms with Crippen LogP contribution in [0.2, 0.25) is 0 Å². The van der Waals surface area contributed by atoms with Crippen LogP contribution in [0.1, 0.15) is 34.3 Å². The number of primary amides is 1. The highest BCUT2D eigenvalue weighted by molar-refractivity contribution is 6.24. The molecule has 0 heterocycles. The summed E-state index contributed by atoms with van der Waals surface area (Å²) in [5, 5.41) is 46.6. The minimum atomic E-state index is -2.67. The number of carbonyl (C=O) groups is 4. The standard InChI is InChI=1S/C29H28FN3O9/c1-33(2)18-9-13(11-32-28(40)42-16-5-3-15(30)4-6-16)23(35)21-17(18)8-12-7-14-10-19(34)22(27(31)39)26(38)29(14,41)25(37)20(12)24(21)36/h3-6,9,12,14,34-35,37,41H,7-8,10-11H2,1-2H3,(H2,31,39)(H,32,40)/t12-,14+,29+/m1/s1. The Morgan fingerprint density at radius 2 is 1.81 bits per heavy atom. The van der Waals surface area contributed by atoms with E-state index in [-0.39, 0.29) is 48.3 Å². The Morgan fingerprint density at radius 1 is 1.14 bits per heavy atom. The number of halogens is 1. The highest BCUT2D eigenvalue weighted by atomic mass is 19.1. The number of amides is 2. The van der Waals surface area contributed by atoms with E-state index in [0.29, 0.717) is 11.3 Å². The van der Waals surface area contributed by atoms with Crippen LogP contribution >= 0.6 is 0 Å². The number of aromatic hydroxyl groups is 1. The lowest BCUT2D eigenvalue weighted by Gasteiger charge is -2.46. The molecule has 0 fully saturated rings. The van der Waals surface area contributed by atoms with Crippen molar-refractivity contribution in [3.8, 4) is 11.5 Å². The van der Waals surface area contributed by atoms with E-state index in [9.17, 15) is 44.0 Å². The molecule has 3 atom stereocenters. The Kier molecular flexibility index (Phi) is 6.93. The monoisotopic (exact) mass is 581 g/mol. The topological polar surface area (TPSA) is 200 Å². The molecule has 7 N–H and O–H groups in total. The van der Waals surface area contributed by atoms with Gasteiger partial charge in [-0.25, -0.2) is 9.18 Å². The lowest BCUT2D eigenvalue weighted by molar-refractivity contribution is -0.144. The molecule has 13 heteroatoms. The van der Waals surface area contributed by atoms with Gasteiger partial charge in [-0.2, -0.15) is 0 Å². The number of hydrogen-bond acceptors (Lipinski definition) is 10. The van der Waals surface area contributed by atoms with Crippen LogP contribution in [0, 0.1) is 17.7 Å². The summed E-state index contributed by atoms with van der Waals surface area (Å²) in [5.41, 5.74) is 2.37. The van der Waals surface area contributed by atoms with E-state index in [4.69, 9.17) is 10.5 Å². The van der Waals surface area contributed by atoms with E-state index < -0.39 is 69.7 Å². The SMILES string of the molecule is CN(C)c1cc(CNC(=O)Oc2ccc(F)cc2)c(O)c2c1C[C@H]1C[C@H]3CC(O)=C(C(N)=O)C(=O)[C@@]3(O)C(O)=C1C2=O. The molecule has 2 aromatic carbocycles. The van der Waals surface area contributed by atoms with Gasteiger partial charge < -0.3 is 41.1 Å². The van der Waals surface area contributed by atoms with E-state index in [1.54, 1.807) is 25.1 Å². The first-order chi connectivity index (χ1) is 19.7. The summed E-state index contributed by atoms with van der Waals surface area (Å²) in [6.45, 7) is -0.280. The zero-order valence-electron chi connectivity index (χ0n) is 22.6. The van der Waals surface area contributed by atoms with Crippen molar-refractivity contribution in [3.05, 3.63) is 75.5 Å². The average Bonchev–Trinajstić information content (AvgIpc) is 2.91. The molecule has 0 radical (unpaired) electrons. The molecule has 0 aromatic heterocycles. The van der Waals surface area contributed by atoms with Crippen LogP contribution in [-0.4, -0.2) is 63.7 Å². The third-order valence-electron chi connectivity index (χ3n) is 8.05. The minimum Gasteiger partial charge on any atom is -0.511 e. The summed E-state index contributed by atoms with van der Waals surface area (Å²) in [5.74, 6) is -7.61. The number of aliphatic hydroxyl groups is 3. The molecular formula is C29H28FN3O9. The first-order valence-electron chi connectivity index (χ1n) is 13.0. The number of ketones is 2. The lowest BCUT2D eigenvalue weighted by Crippen LogP contribution is -2.57. The number of nitrogens with zero attached hydrogens (tertiary/aromatic N) is 1. The summed E-state index contributed by atoms with van der Waals surface area (Å²) in [6, 6.07) is 6.33. The number of carbonyl (C=O) groups excluding carboxylic acids is 4. The van der Waals surface area contributed by atoms with Crippen LogP contribution in [-0.2, 0) is 22.6 Å². The molecule has 3 aliphatic rings. The average molecular weight is 582 g/mol. The minimum absolute atomic E-state index is 0.00901. The predicted molar refractivity (Wildman–Crippen MR) is 144 cm³/mol. The number of rotatable bonds is 5. The third kappa shape index (κ3) is 4.42. The summed E-state index contributed by atoms with van der Waals surface area (Å²) in [7, 11) is 3.43. The first kappa shape index (κ1) is 28.6. The molecule has 0 saturated heterocycles.